The lowest BCUT2D eigenvalue weighted by Crippen LogP contribution is -2.68. The lowest BCUT2D eigenvalue weighted by molar-refractivity contribution is -0.155. The van der Waals surface area contributed by atoms with Crippen LogP contribution in [0.25, 0.3) is 11.0 Å². The number of aromatic nitrogens is 2. The molecule has 0 aliphatic carbocycles. The highest BCUT2D eigenvalue weighted by Gasteiger charge is 2.41. The van der Waals surface area contributed by atoms with Gasteiger partial charge in [-0.05, 0) is 24.1 Å². The molecule has 2 fully saturated rings. The highest BCUT2D eigenvalue weighted by molar-refractivity contribution is 5.91. The zero-order chi connectivity index (χ0) is 31.1. The molecule has 0 bridgehead atoms. The fourth-order valence-electron chi connectivity index (χ4n) is 5.69. The minimum Gasteiger partial charge on any atom is -0.378 e. The van der Waals surface area contributed by atoms with E-state index in [1.54, 1.807) is 27.5 Å². The Labute approximate surface area is 256 Å². The van der Waals surface area contributed by atoms with Crippen molar-refractivity contribution < 1.29 is 23.9 Å². The van der Waals surface area contributed by atoms with Crippen LogP contribution in [0, 0.1) is 0 Å². The van der Waals surface area contributed by atoms with Crippen LogP contribution in [0.1, 0.15) is 18.1 Å². The molecule has 0 radical (unpaired) electrons. The molecule has 13 nitrogen and oxygen atoms in total. The molecule has 1 aromatic heterocycles. The van der Waals surface area contributed by atoms with Gasteiger partial charge >= 0.3 is 6.03 Å². The van der Waals surface area contributed by atoms with Gasteiger partial charge < -0.3 is 35.4 Å². The fourth-order valence-corrected chi connectivity index (χ4v) is 5.69. The van der Waals surface area contributed by atoms with Crippen molar-refractivity contribution in [1.82, 2.24) is 40.4 Å². The van der Waals surface area contributed by atoms with Gasteiger partial charge in [0.25, 0.3) is 0 Å². The zero-order valence-electron chi connectivity index (χ0n) is 25.0. The van der Waals surface area contributed by atoms with Gasteiger partial charge in [-0.15, -0.1) is 6.58 Å². The van der Waals surface area contributed by atoms with Crippen LogP contribution in [0.5, 0.6) is 0 Å². The molecular weight excluding hydrogens is 564 g/mol. The van der Waals surface area contributed by atoms with E-state index < -0.39 is 18.2 Å². The molecule has 44 heavy (non-hydrogen) atoms. The van der Waals surface area contributed by atoms with Gasteiger partial charge in [0, 0.05) is 32.7 Å². The number of rotatable bonds is 11. The number of carbonyl (C=O) groups is 4. The molecule has 5 rings (SSSR count). The van der Waals surface area contributed by atoms with E-state index in [9.17, 15) is 19.2 Å². The molecular formula is C31H40N8O5. The second-order valence-corrected chi connectivity index (χ2v) is 10.9. The molecule has 234 valence electrons. The first-order chi connectivity index (χ1) is 21.4. The standard InChI is InChI=1S/C31H40N8O5/c1-3-12-32-18-27(40)39-22(2)30(42)37(20-26(39)34-31(43)33-17-23-8-5-4-6-9-23)19-24-10-7-11-25-29(24)38(35-25)21-28(41)36-13-15-44-16-14-36/h3-11,22,26,32,35H,1,12-21H2,2H3,(H2,33,34,43)/t22-,26+/m0/s1. The largest absolute Gasteiger partial charge is 0.378 e. The molecule has 13 heteroatoms. The summed E-state index contributed by atoms with van der Waals surface area (Å²) in [5, 5.41) is 12.0. The maximum atomic E-state index is 13.7. The molecule has 2 aliphatic heterocycles. The summed E-state index contributed by atoms with van der Waals surface area (Å²) >= 11 is 0. The van der Waals surface area contributed by atoms with Crippen LogP contribution in [0.3, 0.4) is 0 Å². The van der Waals surface area contributed by atoms with E-state index in [0.717, 1.165) is 22.2 Å². The topological polar surface area (TPSA) is 144 Å². The van der Waals surface area contributed by atoms with Crippen LogP contribution in [-0.2, 0) is 38.8 Å². The van der Waals surface area contributed by atoms with Crippen LogP contribution in [-0.4, -0.2) is 106 Å². The Balaban J connectivity index is 1.32. The number of hydrogen-bond donors (Lipinski definition) is 4. The summed E-state index contributed by atoms with van der Waals surface area (Å²) < 4.78 is 7.16. The molecule has 5 amide bonds. The van der Waals surface area contributed by atoms with Gasteiger partial charge in [0.2, 0.25) is 17.7 Å². The van der Waals surface area contributed by atoms with E-state index in [4.69, 9.17) is 4.74 Å². The summed E-state index contributed by atoms with van der Waals surface area (Å²) in [6, 6.07) is 14.0. The van der Waals surface area contributed by atoms with Crippen molar-refractivity contribution in [1.29, 1.82) is 0 Å². The van der Waals surface area contributed by atoms with Crippen LogP contribution in [0.2, 0.25) is 0 Å². The smallest absolute Gasteiger partial charge is 0.316 e. The number of morpholine rings is 1. The first-order valence-corrected chi connectivity index (χ1v) is 14.9. The van der Waals surface area contributed by atoms with Gasteiger partial charge in [0.1, 0.15) is 18.8 Å². The van der Waals surface area contributed by atoms with Gasteiger partial charge in [-0.25, -0.2) is 4.79 Å². The number of urea groups is 1. The summed E-state index contributed by atoms with van der Waals surface area (Å²) in [5.74, 6) is -0.541. The minimum atomic E-state index is -0.812. The third-order valence-electron chi connectivity index (χ3n) is 7.93. The normalized spacial score (nSPS) is 18.8. The number of carbonyl (C=O) groups excluding carboxylic acids is 4. The summed E-state index contributed by atoms with van der Waals surface area (Å²) in [7, 11) is 0. The predicted octanol–water partition coefficient (Wildman–Crippen LogP) is 0.989. The number of fused-ring (bicyclic) bond motifs is 1. The summed E-state index contributed by atoms with van der Waals surface area (Å²) in [5.41, 5.74) is 3.52. The van der Waals surface area contributed by atoms with Crippen molar-refractivity contribution in [2.45, 2.75) is 38.8 Å². The maximum absolute atomic E-state index is 13.7. The molecule has 0 spiro atoms. The number of hydrogen-bond acceptors (Lipinski definition) is 6. The molecule has 3 heterocycles. The second-order valence-electron chi connectivity index (χ2n) is 10.9. The van der Waals surface area contributed by atoms with E-state index >= 15 is 0 Å². The first-order valence-electron chi connectivity index (χ1n) is 14.9. The van der Waals surface area contributed by atoms with E-state index in [2.05, 4.69) is 27.6 Å². The Bertz CT molecular complexity index is 1480. The van der Waals surface area contributed by atoms with Gasteiger partial charge in [-0.2, -0.15) is 0 Å². The van der Waals surface area contributed by atoms with Gasteiger partial charge in [0.15, 0.2) is 0 Å². The SMILES string of the molecule is C=CCNCC(=O)N1[C@@H](NC(=O)NCc2ccccc2)CN(Cc2cccc3[nH]n(CC(=O)N4CCOCC4)c23)C(=O)[C@@H]1C. The molecule has 3 aromatic rings. The average Bonchev–Trinajstić information content (AvgIpc) is 3.02. The van der Waals surface area contributed by atoms with Crippen LogP contribution in [0.4, 0.5) is 4.79 Å². The Kier molecular flexibility index (Phi) is 9.97. The fraction of sp³-hybridized carbons (Fsp3) is 0.419. The lowest BCUT2D eigenvalue weighted by atomic mass is 10.1. The first kappa shape index (κ1) is 30.8. The Morgan fingerprint density at radius 1 is 1.07 bits per heavy atom. The number of amides is 5. The number of para-hydroxylation sites is 1. The van der Waals surface area contributed by atoms with Crippen molar-refractivity contribution in [2.24, 2.45) is 0 Å². The van der Waals surface area contributed by atoms with Crippen molar-refractivity contribution in [2.75, 3.05) is 45.9 Å². The van der Waals surface area contributed by atoms with E-state index in [1.165, 1.54) is 4.90 Å². The number of aromatic amines is 1. The number of ether oxygens (including phenoxy) is 1. The monoisotopic (exact) mass is 604 g/mol. The van der Waals surface area contributed by atoms with Crippen LogP contribution < -0.4 is 16.0 Å². The average molecular weight is 605 g/mol. The third kappa shape index (κ3) is 7.12. The Hall–Kier alpha value is -4.62. The minimum absolute atomic E-state index is 0.00253. The summed E-state index contributed by atoms with van der Waals surface area (Å²) in [6.07, 6.45) is 0.887. The summed E-state index contributed by atoms with van der Waals surface area (Å²) in [4.78, 5) is 57.7. The van der Waals surface area contributed by atoms with Crippen molar-refractivity contribution in [3.8, 4) is 0 Å². The van der Waals surface area contributed by atoms with Gasteiger partial charge in [-0.1, -0.05) is 48.5 Å². The number of benzene rings is 2. The van der Waals surface area contributed by atoms with E-state index in [1.807, 2.05) is 48.5 Å². The number of H-pyrrole nitrogens is 1. The Morgan fingerprint density at radius 2 is 1.84 bits per heavy atom. The van der Waals surface area contributed by atoms with Crippen LogP contribution >= 0.6 is 0 Å². The predicted molar refractivity (Wildman–Crippen MR) is 164 cm³/mol. The molecule has 4 N–H and O–H groups in total. The van der Waals surface area contributed by atoms with Crippen molar-refractivity contribution in [3.05, 3.63) is 72.3 Å². The van der Waals surface area contributed by atoms with Gasteiger partial charge in [-0.3, -0.25) is 24.2 Å². The highest BCUT2D eigenvalue weighted by atomic mass is 16.5. The molecule has 0 saturated carbocycles. The second kappa shape index (κ2) is 14.2. The third-order valence-corrected chi connectivity index (χ3v) is 7.93. The molecule has 2 atom stereocenters. The maximum Gasteiger partial charge on any atom is 0.316 e. The van der Waals surface area contributed by atoms with Crippen molar-refractivity contribution >= 4 is 34.8 Å². The van der Waals surface area contributed by atoms with Gasteiger partial charge in [0.05, 0.1) is 37.3 Å². The molecule has 2 aromatic carbocycles. The highest BCUT2D eigenvalue weighted by Crippen LogP contribution is 2.25. The molecule has 0 unspecified atom stereocenters. The quantitative estimate of drug-likeness (QED) is 0.190. The van der Waals surface area contributed by atoms with E-state index in [0.29, 0.717) is 39.4 Å². The zero-order valence-corrected chi connectivity index (χ0v) is 25.0. The summed E-state index contributed by atoms with van der Waals surface area (Å²) in [6.45, 7) is 8.76. The molecule has 2 aliphatic rings. The van der Waals surface area contributed by atoms with E-state index in [-0.39, 0.29) is 43.9 Å². The number of nitrogens with one attached hydrogen (secondary N) is 4. The van der Waals surface area contributed by atoms with Crippen LogP contribution in [0.15, 0.2) is 61.2 Å². The molecule has 2 saturated heterocycles. The Morgan fingerprint density at radius 3 is 2.59 bits per heavy atom. The lowest BCUT2D eigenvalue weighted by Gasteiger charge is -2.45. The number of nitrogens with zero attached hydrogens (tertiary/aromatic N) is 4. The number of piperazine rings is 1. The van der Waals surface area contributed by atoms with Crippen molar-refractivity contribution in [3.63, 3.8) is 0 Å².